The first-order valence-corrected chi connectivity index (χ1v) is 9.13. The van der Waals surface area contributed by atoms with Crippen molar-refractivity contribution < 1.29 is 33.6 Å². The average molecular weight is 392 g/mol. The molecule has 9 heteroatoms. The van der Waals surface area contributed by atoms with Gasteiger partial charge < -0.3 is 28.8 Å². The summed E-state index contributed by atoms with van der Waals surface area (Å²) in [6.45, 7) is 7.09. The Labute approximate surface area is 162 Å². The topological polar surface area (TPSA) is 108 Å². The number of hydrogen-bond acceptors (Lipinski definition) is 8. The standard InChI is InChI=1S/C19H24N2O7/c1-18(2)25-12-13(26-18)15-17(28-19(3,4)27-15)24-14(12)16(23)21-20-9-10-7-5-6-8-11(10)22/h5-9,12-15,17,22H,1-4H3,(H,21,23)/b20-9+/t12-,13-,14-,15-,17+/m1/s1. The lowest BCUT2D eigenvalue weighted by Gasteiger charge is -2.36. The van der Waals surface area contributed by atoms with Crippen molar-refractivity contribution in [3.05, 3.63) is 29.8 Å². The maximum Gasteiger partial charge on any atom is 0.272 e. The van der Waals surface area contributed by atoms with Gasteiger partial charge >= 0.3 is 0 Å². The number of nitrogens with zero attached hydrogens (tertiary/aromatic N) is 1. The van der Waals surface area contributed by atoms with E-state index >= 15 is 0 Å². The summed E-state index contributed by atoms with van der Waals surface area (Å²) in [7, 11) is 0. The van der Waals surface area contributed by atoms with E-state index in [-0.39, 0.29) is 5.75 Å². The van der Waals surface area contributed by atoms with E-state index in [9.17, 15) is 9.90 Å². The maximum atomic E-state index is 12.7. The molecule has 3 aliphatic heterocycles. The molecule has 0 aromatic heterocycles. The summed E-state index contributed by atoms with van der Waals surface area (Å²) in [4.78, 5) is 12.7. The first-order chi connectivity index (χ1) is 13.2. The highest BCUT2D eigenvalue weighted by Crippen LogP contribution is 2.44. The van der Waals surface area contributed by atoms with Crippen LogP contribution in [0.2, 0.25) is 0 Å². The Kier molecular flexibility index (Phi) is 4.67. The number of amides is 1. The summed E-state index contributed by atoms with van der Waals surface area (Å²) < 4.78 is 29.4. The van der Waals surface area contributed by atoms with Gasteiger partial charge in [-0.2, -0.15) is 5.10 Å². The van der Waals surface area contributed by atoms with Gasteiger partial charge in [0.25, 0.3) is 5.91 Å². The number of ether oxygens (including phenoxy) is 5. The molecule has 0 saturated carbocycles. The predicted molar refractivity (Wildman–Crippen MR) is 96.4 cm³/mol. The Bertz CT molecular complexity index is 794. The number of hydrogen-bond donors (Lipinski definition) is 2. The number of nitrogens with one attached hydrogen (secondary N) is 1. The Morgan fingerprint density at radius 3 is 2.43 bits per heavy atom. The molecule has 1 amide bonds. The van der Waals surface area contributed by atoms with Crippen molar-refractivity contribution >= 4 is 12.1 Å². The fourth-order valence-electron chi connectivity index (χ4n) is 3.65. The van der Waals surface area contributed by atoms with Crippen molar-refractivity contribution in [2.24, 2.45) is 5.10 Å². The Morgan fingerprint density at radius 2 is 1.68 bits per heavy atom. The summed E-state index contributed by atoms with van der Waals surface area (Å²) in [5.41, 5.74) is 2.90. The van der Waals surface area contributed by atoms with E-state index in [0.717, 1.165) is 0 Å². The minimum atomic E-state index is -0.993. The second-order valence-corrected chi connectivity index (χ2v) is 7.88. The Balaban J connectivity index is 1.50. The molecule has 4 rings (SSSR count). The molecule has 2 N–H and O–H groups in total. The summed E-state index contributed by atoms with van der Waals surface area (Å²) in [5, 5.41) is 13.7. The van der Waals surface area contributed by atoms with Crippen LogP contribution in [0.25, 0.3) is 0 Å². The molecule has 9 nitrogen and oxygen atoms in total. The number of carbonyl (C=O) groups is 1. The van der Waals surface area contributed by atoms with Gasteiger partial charge in [0.2, 0.25) is 0 Å². The van der Waals surface area contributed by atoms with Crippen LogP contribution in [0.5, 0.6) is 5.75 Å². The molecule has 3 aliphatic rings. The molecule has 152 valence electrons. The zero-order valence-electron chi connectivity index (χ0n) is 16.1. The van der Waals surface area contributed by atoms with Crippen molar-refractivity contribution in [3.8, 4) is 5.75 Å². The van der Waals surface area contributed by atoms with Crippen molar-refractivity contribution in [3.63, 3.8) is 0 Å². The van der Waals surface area contributed by atoms with Gasteiger partial charge in [0.15, 0.2) is 24.0 Å². The van der Waals surface area contributed by atoms with E-state index in [0.29, 0.717) is 5.56 Å². The summed E-state index contributed by atoms with van der Waals surface area (Å²) >= 11 is 0. The lowest BCUT2D eigenvalue weighted by atomic mass is 9.98. The fraction of sp³-hybridized carbons (Fsp3) is 0.579. The van der Waals surface area contributed by atoms with Crippen LogP contribution in [0.3, 0.4) is 0 Å². The van der Waals surface area contributed by atoms with E-state index in [1.54, 1.807) is 45.9 Å². The molecule has 0 unspecified atom stereocenters. The highest BCUT2D eigenvalue weighted by molar-refractivity contribution is 5.86. The van der Waals surface area contributed by atoms with Gasteiger partial charge in [-0.1, -0.05) is 12.1 Å². The third-order valence-corrected chi connectivity index (χ3v) is 4.73. The molecule has 0 bridgehead atoms. The fourth-order valence-corrected chi connectivity index (χ4v) is 3.65. The number of benzene rings is 1. The first kappa shape index (κ1) is 19.3. The third kappa shape index (κ3) is 3.63. The Hall–Kier alpha value is -2.04. The molecule has 5 atom stereocenters. The molecular weight excluding hydrogens is 368 g/mol. The van der Waals surface area contributed by atoms with Crippen LogP contribution in [0.4, 0.5) is 0 Å². The van der Waals surface area contributed by atoms with Gasteiger partial charge in [0.05, 0.1) is 6.21 Å². The van der Waals surface area contributed by atoms with Gasteiger partial charge in [-0.15, -0.1) is 0 Å². The molecule has 0 spiro atoms. The number of aromatic hydroxyl groups is 1. The highest BCUT2D eigenvalue weighted by atomic mass is 16.9. The molecule has 1 aromatic rings. The second-order valence-electron chi connectivity index (χ2n) is 7.88. The normalized spacial score (nSPS) is 35.5. The number of hydrazone groups is 1. The smallest absolute Gasteiger partial charge is 0.272 e. The van der Waals surface area contributed by atoms with E-state index in [1.165, 1.54) is 12.3 Å². The third-order valence-electron chi connectivity index (χ3n) is 4.73. The van der Waals surface area contributed by atoms with Gasteiger partial charge in [-0.25, -0.2) is 5.43 Å². The maximum absolute atomic E-state index is 12.7. The molecule has 1 aromatic carbocycles. The molecule has 3 saturated heterocycles. The number of fused-ring (bicyclic) bond motifs is 3. The quantitative estimate of drug-likeness (QED) is 0.589. The zero-order chi connectivity index (χ0) is 20.1. The van der Waals surface area contributed by atoms with Gasteiger partial charge in [-0.3, -0.25) is 4.79 Å². The van der Waals surface area contributed by atoms with Crippen molar-refractivity contribution in [2.75, 3.05) is 0 Å². The highest BCUT2D eigenvalue weighted by Gasteiger charge is 2.62. The molecule has 0 aliphatic carbocycles. The number of phenols is 1. The molecule has 3 fully saturated rings. The number of phenolic OH excluding ortho intramolecular Hbond substituents is 1. The van der Waals surface area contributed by atoms with E-state index in [4.69, 9.17) is 23.7 Å². The van der Waals surface area contributed by atoms with Gasteiger partial charge in [0, 0.05) is 5.56 Å². The predicted octanol–water partition coefficient (Wildman–Crippen LogP) is 1.24. The largest absolute Gasteiger partial charge is 0.507 e. The van der Waals surface area contributed by atoms with Crippen molar-refractivity contribution in [2.45, 2.75) is 70.0 Å². The molecule has 28 heavy (non-hydrogen) atoms. The molecular formula is C19H24N2O7. The van der Waals surface area contributed by atoms with Crippen molar-refractivity contribution in [1.82, 2.24) is 5.43 Å². The average Bonchev–Trinajstić information content (AvgIpc) is 3.09. The summed E-state index contributed by atoms with van der Waals surface area (Å²) in [6, 6.07) is 6.65. The van der Waals surface area contributed by atoms with Crippen LogP contribution in [0, 0.1) is 0 Å². The Morgan fingerprint density at radius 1 is 1.04 bits per heavy atom. The SMILES string of the molecule is CC1(C)O[C@@H]2[C@@H](O1)[C@H](C(=O)N/N=C/c1ccccc1O)O[C@H]1OC(C)(C)O[C@@H]12. The van der Waals surface area contributed by atoms with Crippen LogP contribution in [0.1, 0.15) is 33.3 Å². The molecule has 3 heterocycles. The van der Waals surface area contributed by atoms with Gasteiger partial charge in [-0.05, 0) is 39.8 Å². The second kappa shape index (κ2) is 6.78. The van der Waals surface area contributed by atoms with Crippen LogP contribution >= 0.6 is 0 Å². The first-order valence-electron chi connectivity index (χ1n) is 9.13. The number of para-hydroxylation sites is 1. The number of carbonyl (C=O) groups excluding carboxylic acids is 1. The van der Waals surface area contributed by atoms with Crippen LogP contribution in [-0.2, 0) is 28.5 Å². The molecule has 0 radical (unpaired) electrons. The monoisotopic (exact) mass is 392 g/mol. The van der Waals surface area contributed by atoms with Crippen molar-refractivity contribution in [1.29, 1.82) is 0 Å². The minimum Gasteiger partial charge on any atom is -0.507 e. The van der Waals surface area contributed by atoms with E-state index in [1.807, 2.05) is 0 Å². The van der Waals surface area contributed by atoms with Crippen LogP contribution < -0.4 is 5.43 Å². The van der Waals surface area contributed by atoms with Crippen LogP contribution in [0.15, 0.2) is 29.4 Å². The summed E-state index contributed by atoms with van der Waals surface area (Å²) in [6.07, 6.45) is -2.10. The number of rotatable bonds is 3. The summed E-state index contributed by atoms with van der Waals surface area (Å²) in [5.74, 6) is -2.19. The van der Waals surface area contributed by atoms with Gasteiger partial charge in [0.1, 0.15) is 24.1 Å². The van der Waals surface area contributed by atoms with Crippen LogP contribution in [-0.4, -0.2) is 59.5 Å². The van der Waals surface area contributed by atoms with E-state index in [2.05, 4.69) is 10.5 Å². The lowest BCUT2D eigenvalue weighted by Crippen LogP contribution is -2.59. The lowest BCUT2D eigenvalue weighted by molar-refractivity contribution is -0.231. The minimum absolute atomic E-state index is 0.0605. The van der Waals surface area contributed by atoms with E-state index < -0.39 is 48.2 Å². The zero-order valence-corrected chi connectivity index (χ0v) is 16.1.